The van der Waals surface area contributed by atoms with Gasteiger partial charge in [-0.2, -0.15) is 5.10 Å². The molecule has 2 aromatic rings. The zero-order valence-corrected chi connectivity index (χ0v) is 14.2. The Labute approximate surface area is 141 Å². The third-order valence-corrected chi connectivity index (χ3v) is 4.83. The van der Waals surface area contributed by atoms with Gasteiger partial charge in [0.2, 0.25) is 5.91 Å². The minimum atomic E-state index is 0.0463. The second-order valence-electron chi connectivity index (χ2n) is 5.92. The third-order valence-electron chi connectivity index (χ3n) is 4.34. The first kappa shape index (κ1) is 16.0. The van der Waals surface area contributed by atoms with Crippen LogP contribution in [0.5, 0.6) is 0 Å². The molecule has 2 heterocycles. The lowest BCUT2D eigenvalue weighted by molar-refractivity contribution is -0.121. The molecule has 23 heavy (non-hydrogen) atoms. The van der Waals surface area contributed by atoms with E-state index in [0.717, 1.165) is 23.5 Å². The average Bonchev–Trinajstić information content (AvgIpc) is 2.70. The molecule has 1 amide bonds. The van der Waals surface area contributed by atoms with E-state index in [1.54, 1.807) is 0 Å². The molecule has 122 valence electrons. The molecule has 1 atom stereocenters. The number of amides is 1. The molecule has 0 bridgehead atoms. The number of carbonyl (C=O) groups is 1. The molecule has 1 unspecified atom stereocenters. The van der Waals surface area contributed by atoms with E-state index in [0.29, 0.717) is 24.5 Å². The molecule has 1 aromatic carbocycles. The predicted molar refractivity (Wildman–Crippen MR) is 90.2 cm³/mol. The minimum Gasteiger partial charge on any atom is -0.355 e. The van der Waals surface area contributed by atoms with Gasteiger partial charge in [-0.1, -0.05) is 41.9 Å². The summed E-state index contributed by atoms with van der Waals surface area (Å²) >= 11 is 6.40. The van der Waals surface area contributed by atoms with E-state index in [2.05, 4.69) is 27.4 Å². The number of nitrogens with zero attached hydrogens (tertiary/aromatic N) is 3. The third kappa shape index (κ3) is 3.41. The van der Waals surface area contributed by atoms with Crippen LogP contribution in [0.4, 0.5) is 0 Å². The minimum absolute atomic E-state index is 0.0463. The molecule has 5 nitrogen and oxygen atoms in total. The van der Waals surface area contributed by atoms with Gasteiger partial charge < -0.3 is 5.32 Å². The Morgan fingerprint density at radius 2 is 2.09 bits per heavy atom. The Bertz CT molecular complexity index is 698. The molecule has 1 aliphatic rings. The molecular weight excluding hydrogens is 312 g/mol. The molecule has 1 fully saturated rings. The summed E-state index contributed by atoms with van der Waals surface area (Å²) in [5.41, 5.74) is 2.98. The van der Waals surface area contributed by atoms with Crippen molar-refractivity contribution in [2.24, 2.45) is 7.05 Å². The van der Waals surface area contributed by atoms with Crippen LogP contribution >= 0.6 is 11.6 Å². The normalized spacial score (nSPS) is 19.4. The quantitative estimate of drug-likeness (QED) is 0.939. The lowest BCUT2D eigenvalue weighted by Gasteiger charge is -2.29. The van der Waals surface area contributed by atoms with E-state index in [9.17, 15) is 4.79 Å². The first-order valence-corrected chi connectivity index (χ1v) is 8.17. The van der Waals surface area contributed by atoms with Crippen LogP contribution in [0.2, 0.25) is 5.02 Å². The summed E-state index contributed by atoms with van der Waals surface area (Å²) in [7, 11) is 1.91. The van der Waals surface area contributed by atoms with Crippen LogP contribution in [0, 0.1) is 6.92 Å². The maximum atomic E-state index is 12.0. The molecule has 3 rings (SSSR count). The number of aryl methyl sites for hydroxylation is 2. The van der Waals surface area contributed by atoms with E-state index in [4.69, 9.17) is 11.6 Å². The van der Waals surface area contributed by atoms with Gasteiger partial charge in [-0.05, 0) is 12.5 Å². The van der Waals surface area contributed by atoms with Crippen molar-refractivity contribution in [1.29, 1.82) is 0 Å². The van der Waals surface area contributed by atoms with Crippen LogP contribution in [0.1, 0.15) is 29.4 Å². The molecule has 1 aliphatic heterocycles. The van der Waals surface area contributed by atoms with E-state index >= 15 is 0 Å². The average molecular weight is 333 g/mol. The zero-order chi connectivity index (χ0) is 16.4. The van der Waals surface area contributed by atoms with Crippen LogP contribution in [-0.4, -0.2) is 33.7 Å². The fraction of sp³-hybridized carbons (Fsp3) is 0.412. The highest BCUT2D eigenvalue weighted by Gasteiger charge is 2.27. The Hall–Kier alpha value is -1.85. The molecular formula is C17H21ClN4O. The number of nitrogens with one attached hydrogen (secondary N) is 1. The van der Waals surface area contributed by atoms with Gasteiger partial charge >= 0.3 is 0 Å². The van der Waals surface area contributed by atoms with Gasteiger partial charge in [-0.15, -0.1) is 0 Å². The van der Waals surface area contributed by atoms with Gasteiger partial charge in [0, 0.05) is 39.1 Å². The summed E-state index contributed by atoms with van der Waals surface area (Å²) in [6, 6.07) is 10.2. The smallest absolute Gasteiger partial charge is 0.221 e. The number of aromatic nitrogens is 2. The Morgan fingerprint density at radius 3 is 2.74 bits per heavy atom. The molecule has 6 heteroatoms. The van der Waals surface area contributed by atoms with Gasteiger partial charge in [0.1, 0.15) is 0 Å². The van der Waals surface area contributed by atoms with Gasteiger partial charge in [0.25, 0.3) is 0 Å². The summed E-state index contributed by atoms with van der Waals surface area (Å²) in [4.78, 5) is 14.3. The highest BCUT2D eigenvalue weighted by molar-refractivity contribution is 6.31. The van der Waals surface area contributed by atoms with Gasteiger partial charge in [-0.3, -0.25) is 14.4 Å². The lowest BCUT2D eigenvalue weighted by atomic mass is 10.0. The first-order chi connectivity index (χ1) is 11.1. The van der Waals surface area contributed by atoms with E-state index in [1.165, 1.54) is 0 Å². The van der Waals surface area contributed by atoms with Crippen molar-refractivity contribution in [3.8, 4) is 0 Å². The fourth-order valence-corrected chi connectivity index (χ4v) is 3.33. The number of rotatable bonds is 3. The molecule has 1 saturated heterocycles. The SMILES string of the molecule is Cc1nn(C)c(CN2CCNC(=O)CC2c2ccccc2)c1Cl. The number of benzene rings is 1. The van der Waals surface area contributed by atoms with Crippen molar-refractivity contribution < 1.29 is 4.79 Å². The standard InChI is InChI=1S/C17H21ClN4O/c1-12-17(18)15(21(2)20-12)11-22-9-8-19-16(23)10-14(22)13-6-4-3-5-7-13/h3-7,14H,8-11H2,1-2H3,(H,19,23). The Balaban J connectivity index is 1.91. The second kappa shape index (κ2) is 6.72. The first-order valence-electron chi connectivity index (χ1n) is 7.80. The summed E-state index contributed by atoms with van der Waals surface area (Å²) in [5, 5.41) is 8.06. The van der Waals surface area contributed by atoms with Gasteiger partial charge in [-0.25, -0.2) is 0 Å². The summed E-state index contributed by atoms with van der Waals surface area (Å²) in [6.07, 6.45) is 0.457. The molecule has 0 radical (unpaired) electrons. The summed E-state index contributed by atoms with van der Waals surface area (Å²) < 4.78 is 1.83. The van der Waals surface area contributed by atoms with Crippen LogP contribution in [-0.2, 0) is 18.4 Å². The molecule has 0 aliphatic carbocycles. The molecule has 1 N–H and O–H groups in total. The van der Waals surface area contributed by atoms with E-state index in [1.807, 2.05) is 36.9 Å². The molecule has 0 saturated carbocycles. The highest BCUT2D eigenvalue weighted by atomic mass is 35.5. The Morgan fingerprint density at radius 1 is 1.35 bits per heavy atom. The van der Waals surface area contributed by atoms with Crippen molar-refractivity contribution >= 4 is 17.5 Å². The van der Waals surface area contributed by atoms with E-state index in [-0.39, 0.29) is 11.9 Å². The van der Waals surface area contributed by atoms with Crippen molar-refractivity contribution in [2.75, 3.05) is 13.1 Å². The summed E-state index contributed by atoms with van der Waals surface area (Å²) in [5.74, 6) is 0.0913. The number of halogens is 1. The summed E-state index contributed by atoms with van der Waals surface area (Å²) in [6.45, 7) is 4.02. The Kier molecular flexibility index (Phi) is 4.68. The van der Waals surface area contributed by atoms with Crippen molar-refractivity contribution in [3.63, 3.8) is 0 Å². The van der Waals surface area contributed by atoms with Crippen LogP contribution in [0.25, 0.3) is 0 Å². The molecule has 1 aromatic heterocycles. The van der Waals surface area contributed by atoms with Crippen LogP contribution < -0.4 is 5.32 Å². The second-order valence-corrected chi connectivity index (χ2v) is 6.30. The van der Waals surface area contributed by atoms with Crippen molar-refractivity contribution in [2.45, 2.75) is 25.9 Å². The topological polar surface area (TPSA) is 50.2 Å². The van der Waals surface area contributed by atoms with Crippen LogP contribution in [0.3, 0.4) is 0 Å². The molecule has 0 spiro atoms. The van der Waals surface area contributed by atoms with Gasteiger partial charge in [0.15, 0.2) is 0 Å². The zero-order valence-electron chi connectivity index (χ0n) is 13.4. The number of hydrogen-bond acceptors (Lipinski definition) is 3. The van der Waals surface area contributed by atoms with Crippen LogP contribution in [0.15, 0.2) is 30.3 Å². The predicted octanol–water partition coefficient (Wildman–Crippen LogP) is 2.45. The van der Waals surface area contributed by atoms with Gasteiger partial charge in [0.05, 0.1) is 16.4 Å². The van der Waals surface area contributed by atoms with Crippen molar-refractivity contribution in [1.82, 2.24) is 20.0 Å². The fourth-order valence-electron chi connectivity index (χ4n) is 3.11. The van der Waals surface area contributed by atoms with E-state index < -0.39 is 0 Å². The van der Waals surface area contributed by atoms with Crippen molar-refractivity contribution in [3.05, 3.63) is 52.3 Å². The maximum Gasteiger partial charge on any atom is 0.221 e. The highest BCUT2D eigenvalue weighted by Crippen LogP contribution is 2.29. The number of hydrogen-bond donors (Lipinski definition) is 1. The number of carbonyl (C=O) groups excluding carboxylic acids is 1. The lowest BCUT2D eigenvalue weighted by Crippen LogP contribution is -2.31. The maximum absolute atomic E-state index is 12.0. The monoisotopic (exact) mass is 332 g/mol. The largest absolute Gasteiger partial charge is 0.355 e.